The van der Waals surface area contributed by atoms with Crippen LogP contribution in [-0.2, 0) is 0 Å². The maximum atomic E-state index is 8.36. The smallest absolute Gasteiger partial charge is 0.184 e. The zero-order chi connectivity index (χ0) is 10.6. The molecule has 0 aromatic heterocycles. The van der Waals surface area contributed by atoms with Crippen LogP contribution in [0.3, 0.4) is 0 Å². The lowest BCUT2D eigenvalue weighted by Crippen LogP contribution is -2.24. The van der Waals surface area contributed by atoms with Crippen molar-refractivity contribution >= 4 is 23.0 Å². The normalized spacial score (nSPS) is 8.93. The van der Waals surface area contributed by atoms with Crippen LogP contribution in [0.1, 0.15) is 11.1 Å². The Hall–Kier alpha value is -1.60. The molecule has 0 radical (unpaired) electrons. The zero-order valence-corrected chi connectivity index (χ0v) is 8.90. The number of nitrogens with one attached hydrogen (secondary N) is 2. The van der Waals surface area contributed by atoms with Gasteiger partial charge >= 0.3 is 0 Å². The molecule has 0 heterocycles. The summed E-state index contributed by atoms with van der Waals surface area (Å²) in [4.78, 5) is 0. The van der Waals surface area contributed by atoms with Gasteiger partial charge in [0.15, 0.2) is 11.3 Å². The molecule has 72 valence electrons. The Balaban J connectivity index is 2.87. The van der Waals surface area contributed by atoms with Gasteiger partial charge in [-0.3, -0.25) is 5.32 Å². The Morgan fingerprint density at radius 1 is 1.36 bits per heavy atom. The molecule has 0 aliphatic heterocycles. The lowest BCUT2D eigenvalue weighted by atomic mass is 10.1. The lowest BCUT2D eigenvalue weighted by Gasteiger charge is -2.11. The number of hydrogen-bond acceptors (Lipinski definition) is 2. The molecule has 4 heteroatoms. The fourth-order valence-corrected chi connectivity index (χ4v) is 1.35. The van der Waals surface area contributed by atoms with Crippen LogP contribution in [-0.4, -0.2) is 5.11 Å². The first-order valence-corrected chi connectivity index (χ1v) is 4.58. The first-order chi connectivity index (χ1) is 6.65. The van der Waals surface area contributed by atoms with E-state index in [4.69, 9.17) is 17.5 Å². The van der Waals surface area contributed by atoms with E-state index in [9.17, 15) is 0 Å². The van der Waals surface area contributed by atoms with Gasteiger partial charge in [0.25, 0.3) is 0 Å². The van der Waals surface area contributed by atoms with E-state index in [1.165, 1.54) is 0 Å². The molecule has 2 N–H and O–H groups in total. The highest BCUT2D eigenvalue weighted by atomic mass is 32.1. The van der Waals surface area contributed by atoms with Crippen molar-refractivity contribution in [3.05, 3.63) is 29.3 Å². The van der Waals surface area contributed by atoms with Crippen molar-refractivity contribution < 1.29 is 0 Å². The monoisotopic (exact) mass is 205 g/mol. The molecule has 14 heavy (non-hydrogen) atoms. The number of nitrogens with zero attached hydrogens (tertiary/aromatic N) is 1. The standard InChI is InChI=1S/C10H11N3S/c1-7-4-3-5-8(2)9(7)13-10(14)12-6-11/h3-5H,1-2H3,(H2,12,13,14). The van der Waals surface area contributed by atoms with Crippen molar-refractivity contribution in [3.63, 3.8) is 0 Å². The molecule has 0 aliphatic carbocycles. The molecule has 0 unspecified atom stereocenters. The molecule has 1 aromatic rings. The topological polar surface area (TPSA) is 47.8 Å². The summed E-state index contributed by atoms with van der Waals surface area (Å²) in [7, 11) is 0. The molecule has 1 aromatic carbocycles. The summed E-state index contributed by atoms with van der Waals surface area (Å²) in [6, 6.07) is 5.96. The molecular formula is C10H11N3S. The van der Waals surface area contributed by atoms with Gasteiger partial charge in [0.2, 0.25) is 0 Å². The van der Waals surface area contributed by atoms with Gasteiger partial charge in [-0.05, 0) is 37.2 Å². The average molecular weight is 205 g/mol. The average Bonchev–Trinajstić information content (AvgIpc) is 2.12. The molecular weight excluding hydrogens is 194 g/mol. The van der Waals surface area contributed by atoms with E-state index in [1.54, 1.807) is 6.19 Å². The number of rotatable bonds is 1. The van der Waals surface area contributed by atoms with Gasteiger partial charge in [0.1, 0.15) is 0 Å². The third-order valence-electron chi connectivity index (χ3n) is 1.89. The summed E-state index contributed by atoms with van der Waals surface area (Å²) in [5, 5.41) is 14.0. The van der Waals surface area contributed by atoms with Gasteiger partial charge in [-0.1, -0.05) is 18.2 Å². The highest BCUT2D eigenvalue weighted by Crippen LogP contribution is 2.18. The molecule has 0 spiro atoms. The summed E-state index contributed by atoms with van der Waals surface area (Å²) in [6.07, 6.45) is 1.77. The molecule has 0 aliphatic rings. The van der Waals surface area contributed by atoms with Crippen LogP contribution in [0.15, 0.2) is 18.2 Å². The Morgan fingerprint density at radius 3 is 2.43 bits per heavy atom. The second kappa shape index (κ2) is 4.58. The van der Waals surface area contributed by atoms with Crippen LogP contribution >= 0.6 is 12.2 Å². The van der Waals surface area contributed by atoms with E-state index >= 15 is 0 Å². The van der Waals surface area contributed by atoms with E-state index < -0.39 is 0 Å². The Morgan fingerprint density at radius 2 is 1.93 bits per heavy atom. The van der Waals surface area contributed by atoms with Crippen molar-refractivity contribution in [1.82, 2.24) is 5.32 Å². The van der Waals surface area contributed by atoms with Crippen LogP contribution in [0.2, 0.25) is 0 Å². The van der Waals surface area contributed by atoms with Crippen LogP contribution < -0.4 is 10.6 Å². The van der Waals surface area contributed by atoms with Crippen molar-refractivity contribution in [2.45, 2.75) is 13.8 Å². The molecule has 0 amide bonds. The Kier molecular flexibility index (Phi) is 3.43. The van der Waals surface area contributed by atoms with E-state index in [-0.39, 0.29) is 0 Å². The van der Waals surface area contributed by atoms with Crippen molar-refractivity contribution in [2.75, 3.05) is 5.32 Å². The van der Waals surface area contributed by atoms with E-state index in [0.29, 0.717) is 5.11 Å². The highest BCUT2D eigenvalue weighted by Gasteiger charge is 2.02. The maximum absolute atomic E-state index is 8.36. The minimum absolute atomic E-state index is 0.324. The van der Waals surface area contributed by atoms with Crippen LogP contribution in [0.4, 0.5) is 5.69 Å². The summed E-state index contributed by atoms with van der Waals surface area (Å²) >= 11 is 4.91. The van der Waals surface area contributed by atoms with Crippen LogP contribution in [0, 0.1) is 25.3 Å². The van der Waals surface area contributed by atoms with Gasteiger partial charge in [-0.15, -0.1) is 0 Å². The number of thiocarbonyl (C=S) groups is 1. The minimum atomic E-state index is 0.324. The van der Waals surface area contributed by atoms with E-state index in [1.807, 2.05) is 32.0 Å². The molecule has 0 fully saturated rings. The van der Waals surface area contributed by atoms with Crippen molar-refractivity contribution in [3.8, 4) is 6.19 Å². The predicted octanol–water partition coefficient (Wildman–Crippen LogP) is 2.07. The lowest BCUT2D eigenvalue weighted by molar-refractivity contribution is 1.27. The van der Waals surface area contributed by atoms with Gasteiger partial charge < -0.3 is 5.32 Å². The second-order valence-electron chi connectivity index (χ2n) is 2.96. The minimum Gasteiger partial charge on any atom is -0.331 e. The SMILES string of the molecule is Cc1cccc(C)c1NC(=S)NC#N. The summed E-state index contributed by atoms with van der Waals surface area (Å²) < 4.78 is 0. The number of hydrogen-bond donors (Lipinski definition) is 2. The maximum Gasteiger partial charge on any atom is 0.184 e. The molecule has 0 atom stereocenters. The first kappa shape index (κ1) is 10.5. The zero-order valence-electron chi connectivity index (χ0n) is 8.09. The quantitative estimate of drug-likeness (QED) is 0.418. The first-order valence-electron chi connectivity index (χ1n) is 4.17. The van der Waals surface area contributed by atoms with Gasteiger partial charge in [-0.25, -0.2) is 0 Å². The molecule has 3 nitrogen and oxygen atoms in total. The Labute approximate surface area is 88.7 Å². The molecule has 0 saturated heterocycles. The molecule has 0 bridgehead atoms. The Bertz CT molecular complexity index is 373. The van der Waals surface area contributed by atoms with Crippen LogP contribution in [0.25, 0.3) is 0 Å². The third-order valence-corrected chi connectivity index (χ3v) is 2.09. The van der Waals surface area contributed by atoms with E-state index in [2.05, 4.69) is 10.6 Å². The number of benzene rings is 1. The molecule has 1 rings (SSSR count). The van der Waals surface area contributed by atoms with Crippen LogP contribution in [0.5, 0.6) is 0 Å². The van der Waals surface area contributed by atoms with Gasteiger partial charge in [0, 0.05) is 5.69 Å². The molecule has 0 saturated carbocycles. The largest absolute Gasteiger partial charge is 0.331 e. The summed E-state index contributed by atoms with van der Waals surface area (Å²) in [6.45, 7) is 3.98. The highest BCUT2D eigenvalue weighted by molar-refractivity contribution is 7.80. The summed E-state index contributed by atoms with van der Waals surface area (Å²) in [5.74, 6) is 0. The predicted molar refractivity (Wildman–Crippen MR) is 60.9 cm³/mol. The summed E-state index contributed by atoms with van der Waals surface area (Å²) in [5.41, 5.74) is 3.17. The van der Waals surface area contributed by atoms with E-state index in [0.717, 1.165) is 16.8 Å². The van der Waals surface area contributed by atoms with Crippen molar-refractivity contribution in [2.24, 2.45) is 0 Å². The number of para-hydroxylation sites is 1. The number of aryl methyl sites for hydroxylation is 2. The van der Waals surface area contributed by atoms with Crippen molar-refractivity contribution in [1.29, 1.82) is 5.26 Å². The second-order valence-corrected chi connectivity index (χ2v) is 3.37. The number of anilines is 1. The fraction of sp³-hybridized carbons (Fsp3) is 0.200. The van der Waals surface area contributed by atoms with Gasteiger partial charge in [-0.2, -0.15) is 5.26 Å². The third kappa shape index (κ3) is 2.44. The fourth-order valence-electron chi connectivity index (χ4n) is 1.21. The number of nitriles is 1. The van der Waals surface area contributed by atoms with Gasteiger partial charge in [0.05, 0.1) is 0 Å².